The Morgan fingerprint density at radius 3 is 2.38 bits per heavy atom. The van der Waals surface area contributed by atoms with Crippen LogP contribution in [-0.2, 0) is 5.41 Å². The van der Waals surface area contributed by atoms with E-state index in [1.165, 1.54) is 25.6 Å². The monoisotopic (exact) mass is 347 g/mol. The zero-order valence-corrected chi connectivity index (χ0v) is 15.2. The summed E-state index contributed by atoms with van der Waals surface area (Å²) in [5.41, 5.74) is 0.0873. The lowest BCUT2D eigenvalue weighted by molar-refractivity contribution is 0.102. The second-order valence-corrected chi connectivity index (χ2v) is 6.60. The molecular weight excluding hydrogens is 326 g/mol. The molecule has 1 N–H and O–H groups in total. The molecule has 1 aromatic heterocycles. The first-order valence-corrected chi connectivity index (χ1v) is 8.24. The molecule has 2 aromatic rings. The number of amides is 1. The Hall–Kier alpha value is -2.41. The minimum absolute atomic E-state index is 0.239. The van der Waals surface area contributed by atoms with Gasteiger partial charge in [0.05, 0.1) is 14.2 Å². The Balaban J connectivity index is 2.27. The van der Waals surface area contributed by atoms with Crippen LogP contribution >= 0.6 is 11.3 Å². The topological polar surface area (TPSA) is 73.3 Å². The van der Waals surface area contributed by atoms with Crippen LogP contribution in [0.25, 0.3) is 0 Å². The van der Waals surface area contributed by atoms with Crippen LogP contribution in [0.5, 0.6) is 11.5 Å². The maximum Gasteiger partial charge on any atom is 0.265 e. The van der Waals surface area contributed by atoms with Crippen molar-refractivity contribution < 1.29 is 14.3 Å². The first kappa shape index (κ1) is 17.9. The van der Waals surface area contributed by atoms with E-state index >= 15 is 0 Å². The van der Waals surface area contributed by atoms with Gasteiger partial charge in [-0.25, -0.2) is 0 Å². The molecule has 0 saturated heterocycles. The molecule has 0 spiro atoms. The van der Waals surface area contributed by atoms with Gasteiger partial charge in [-0.1, -0.05) is 29.6 Å². The Labute approximate surface area is 145 Å². The van der Waals surface area contributed by atoms with Crippen LogP contribution < -0.4 is 14.8 Å². The van der Waals surface area contributed by atoms with Gasteiger partial charge in [0.25, 0.3) is 5.91 Å². The number of anilines is 1. The molecule has 128 valence electrons. The lowest BCUT2D eigenvalue weighted by atomic mass is 9.94. The summed E-state index contributed by atoms with van der Waals surface area (Å²) in [4.78, 5) is 12.6. The van der Waals surface area contributed by atoms with Crippen molar-refractivity contribution in [2.75, 3.05) is 19.5 Å². The van der Waals surface area contributed by atoms with Crippen LogP contribution in [0, 0.1) is 0 Å². The van der Waals surface area contributed by atoms with Crippen LogP contribution in [0.1, 0.15) is 36.1 Å². The van der Waals surface area contributed by atoms with Gasteiger partial charge in [0, 0.05) is 5.41 Å². The van der Waals surface area contributed by atoms with Crippen LogP contribution in [-0.4, -0.2) is 30.3 Å². The lowest BCUT2D eigenvalue weighted by Crippen LogP contribution is -2.14. The zero-order valence-electron chi connectivity index (χ0n) is 14.4. The van der Waals surface area contributed by atoms with Crippen LogP contribution in [0.15, 0.2) is 30.4 Å². The molecule has 0 radical (unpaired) electrons. The van der Waals surface area contributed by atoms with E-state index in [2.05, 4.69) is 15.5 Å². The number of allylic oxidation sites excluding steroid dienone is 2. The van der Waals surface area contributed by atoms with Gasteiger partial charge in [-0.05, 0) is 32.9 Å². The van der Waals surface area contributed by atoms with Gasteiger partial charge in [0.1, 0.15) is 22.1 Å². The number of hydrogen-bond donors (Lipinski definition) is 1. The van der Waals surface area contributed by atoms with Crippen LogP contribution in [0.3, 0.4) is 0 Å². The number of ether oxygens (including phenoxy) is 2. The fourth-order valence-electron chi connectivity index (χ4n) is 2.26. The molecule has 1 aromatic carbocycles. The molecule has 0 aliphatic rings. The smallest absolute Gasteiger partial charge is 0.265 e. The largest absolute Gasteiger partial charge is 0.496 e. The van der Waals surface area contributed by atoms with Crippen molar-refractivity contribution in [3.8, 4) is 11.5 Å². The minimum atomic E-state index is -0.351. The Kier molecular flexibility index (Phi) is 5.56. The van der Waals surface area contributed by atoms with Gasteiger partial charge in [-0.2, -0.15) is 0 Å². The third-order valence-corrected chi connectivity index (χ3v) is 4.61. The molecule has 1 amide bonds. The predicted molar refractivity (Wildman–Crippen MR) is 95.2 cm³/mol. The number of carbonyl (C=O) groups is 1. The standard InChI is InChI=1S/C17H21N3O3S/c1-6-10-17(2,3)15-19-20-16(24-15)18-14(21)13-11(22-4)8-7-9-12(13)23-5/h6-10H,1-5H3,(H,18,20,21)/b10-6+. The third-order valence-electron chi connectivity index (χ3n) is 3.43. The molecule has 0 atom stereocenters. The maximum atomic E-state index is 12.6. The second-order valence-electron chi connectivity index (χ2n) is 5.63. The Bertz CT molecular complexity index is 731. The summed E-state index contributed by atoms with van der Waals surface area (Å²) in [6.45, 7) is 6.05. The van der Waals surface area contributed by atoms with Gasteiger partial charge in [0.2, 0.25) is 5.13 Å². The van der Waals surface area contributed by atoms with Gasteiger partial charge >= 0.3 is 0 Å². The first-order chi connectivity index (χ1) is 11.4. The highest BCUT2D eigenvalue weighted by molar-refractivity contribution is 7.15. The summed E-state index contributed by atoms with van der Waals surface area (Å²) >= 11 is 1.34. The molecule has 0 saturated carbocycles. The molecular formula is C17H21N3O3S. The number of rotatable bonds is 6. The fourth-order valence-corrected chi connectivity index (χ4v) is 3.08. The molecule has 0 bridgehead atoms. The number of carbonyl (C=O) groups excluding carboxylic acids is 1. The van der Waals surface area contributed by atoms with Crippen molar-refractivity contribution in [2.24, 2.45) is 0 Å². The quantitative estimate of drug-likeness (QED) is 0.807. The highest BCUT2D eigenvalue weighted by atomic mass is 32.1. The van der Waals surface area contributed by atoms with Gasteiger partial charge in [0.15, 0.2) is 0 Å². The van der Waals surface area contributed by atoms with Gasteiger partial charge < -0.3 is 9.47 Å². The molecule has 6 nitrogen and oxygen atoms in total. The van der Waals surface area contributed by atoms with E-state index in [-0.39, 0.29) is 11.3 Å². The predicted octanol–water partition coefficient (Wildman–Crippen LogP) is 3.66. The van der Waals surface area contributed by atoms with E-state index in [0.717, 1.165) is 5.01 Å². The SMILES string of the molecule is C/C=C/C(C)(C)c1nnc(NC(=O)c2c(OC)cccc2OC)s1. The summed E-state index contributed by atoms with van der Waals surface area (Å²) in [5, 5.41) is 12.3. The van der Waals surface area contributed by atoms with Crippen molar-refractivity contribution in [3.63, 3.8) is 0 Å². The Morgan fingerprint density at radius 2 is 1.83 bits per heavy atom. The second kappa shape index (κ2) is 7.44. The minimum Gasteiger partial charge on any atom is -0.496 e. The average Bonchev–Trinajstić information content (AvgIpc) is 3.03. The highest BCUT2D eigenvalue weighted by Crippen LogP contribution is 2.32. The van der Waals surface area contributed by atoms with Crippen molar-refractivity contribution in [1.82, 2.24) is 10.2 Å². The maximum absolute atomic E-state index is 12.6. The fraction of sp³-hybridized carbons (Fsp3) is 0.353. The van der Waals surface area contributed by atoms with Crippen LogP contribution in [0.2, 0.25) is 0 Å². The van der Waals surface area contributed by atoms with E-state index in [1.54, 1.807) is 18.2 Å². The number of hydrogen-bond acceptors (Lipinski definition) is 6. The zero-order chi connectivity index (χ0) is 17.7. The summed E-state index contributed by atoms with van der Waals surface area (Å²) in [6, 6.07) is 5.17. The number of aromatic nitrogens is 2. The van der Waals surface area contributed by atoms with Crippen LogP contribution in [0.4, 0.5) is 5.13 Å². The molecule has 0 aliphatic carbocycles. The summed E-state index contributed by atoms with van der Waals surface area (Å²) < 4.78 is 10.5. The summed E-state index contributed by atoms with van der Waals surface area (Å²) in [5.74, 6) is 0.521. The van der Waals surface area contributed by atoms with E-state index in [4.69, 9.17) is 9.47 Å². The van der Waals surface area contributed by atoms with Crippen molar-refractivity contribution in [1.29, 1.82) is 0 Å². The Morgan fingerprint density at radius 1 is 1.21 bits per heavy atom. The third kappa shape index (κ3) is 3.73. The summed E-state index contributed by atoms with van der Waals surface area (Å²) in [7, 11) is 3.02. The molecule has 24 heavy (non-hydrogen) atoms. The molecule has 0 aliphatic heterocycles. The number of nitrogens with one attached hydrogen (secondary N) is 1. The molecule has 7 heteroatoms. The van der Waals surface area contributed by atoms with Gasteiger partial charge in [-0.15, -0.1) is 10.2 Å². The van der Waals surface area contributed by atoms with E-state index in [0.29, 0.717) is 22.2 Å². The van der Waals surface area contributed by atoms with E-state index < -0.39 is 0 Å². The number of benzene rings is 1. The van der Waals surface area contributed by atoms with Crippen molar-refractivity contribution >= 4 is 22.4 Å². The number of methoxy groups -OCH3 is 2. The number of nitrogens with zero attached hydrogens (tertiary/aromatic N) is 2. The van der Waals surface area contributed by atoms with Gasteiger partial charge in [-0.3, -0.25) is 10.1 Å². The normalized spacial score (nSPS) is 11.5. The van der Waals surface area contributed by atoms with E-state index in [9.17, 15) is 4.79 Å². The molecule has 0 unspecified atom stereocenters. The molecule has 0 fully saturated rings. The average molecular weight is 347 g/mol. The highest BCUT2D eigenvalue weighted by Gasteiger charge is 2.24. The van der Waals surface area contributed by atoms with Crippen molar-refractivity contribution in [3.05, 3.63) is 40.9 Å². The lowest BCUT2D eigenvalue weighted by Gasteiger charge is -2.15. The molecule has 1 heterocycles. The van der Waals surface area contributed by atoms with Crippen molar-refractivity contribution in [2.45, 2.75) is 26.2 Å². The van der Waals surface area contributed by atoms with E-state index in [1.807, 2.05) is 32.9 Å². The summed E-state index contributed by atoms with van der Waals surface area (Å²) in [6.07, 6.45) is 4.02. The first-order valence-electron chi connectivity index (χ1n) is 7.43. The molecule has 2 rings (SSSR count).